The van der Waals surface area contributed by atoms with Gasteiger partial charge in [0.05, 0.1) is 7.11 Å². The number of rotatable bonds is 3. The van der Waals surface area contributed by atoms with Gasteiger partial charge in [0.1, 0.15) is 19.4 Å². The Balaban J connectivity index is 2.43. The molecule has 1 unspecified atom stereocenters. The quantitative estimate of drug-likeness (QED) is 0.848. The topological polar surface area (TPSA) is 53.7 Å². The summed E-state index contributed by atoms with van der Waals surface area (Å²) in [6, 6.07) is 3.19. The predicted octanol–water partition coefficient (Wildman–Crippen LogP) is 1.44. The molecule has 1 aliphatic rings. The van der Waals surface area contributed by atoms with Gasteiger partial charge in [-0.3, -0.25) is 0 Å². The summed E-state index contributed by atoms with van der Waals surface area (Å²) in [4.78, 5) is 0. The molecule has 16 heavy (non-hydrogen) atoms. The summed E-state index contributed by atoms with van der Waals surface area (Å²) in [5.41, 5.74) is 5.73. The molecule has 1 aromatic rings. The van der Waals surface area contributed by atoms with E-state index in [0.717, 1.165) is 0 Å². The third kappa shape index (κ3) is 1.90. The van der Waals surface area contributed by atoms with Crippen LogP contribution in [0.4, 0.5) is 4.39 Å². The number of fused-ring (bicyclic) bond motifs is 1. The number of ether oxygens (including phenoxy) is 3. The van der Waals surface area contributed by atoms with Gasteiger partial charge >= 0.3 is 0 Å². The highest BCUT2D eigenvalue weighted by Crippen LogP contribution is 2.41. The number of hydrogen-bond donors (Lipinski definition) is 1. The third-order valence-electron chi connectivity index (χ3n) is 2.42. The van der Waals surface area contributed by atoms with Crippen LogP contribution >= 0.6 is 0 Å². The molecule has 2 rings (SSSR count). The van der Waals surface area contributed by atoms with Gasteiger partial charge in [-0.25, -0.2) is 4.39 Å². The van der Waals surface area contributed by atoms with E-state index in [-0.39, 0.29) is 6.54 Å². The molecular formula is C11H14FNO3. The minimum atomic E-state index is -1.22. The summed E-state index contributed by atoms with van der Waals surface area (Å²) < 4.78 is 29.4. The number of hydrogen-bond acceptors (Lipinski definition) is 4. The molecule has 0 aromatic heterocycles. The molecule has 0 aliphatic carbocycles. The van der Waals surface area contributed by atoms with Crippen molar-refractivity contribution in [1.29, 1.82) is 0 Å². The largest absolute Gasteiger partial charge is 0.493 e. The van der Waals surface area contributed by atoms with Crippen LogP contribution in [-0.2, 0) is 0 Å². The molecule has 0 amide bonds. The molecule has 0 spiro atoms. The molecule has 0 radical (unpaired) electrons. The molecule has 1 atom stereocenters. The highest BCUT2D eigenvalue weighted by molar-refractivity contribution is 5.54. The van der Waals surface area contributed by atoms with Gasteiger partial charge in [-0.1, -0.05) is 0 Å². The molecule has 88 valence electrons. The van der Waals surface area contributed by atoms with Crippen LogP contribution in [0.1, 0.15) is 11.7 Å². The number of nitrogens with two attached hydrogens (primary N) is 1. The summed E-state index contributed by atoms with van der Waals surface area (Å²) in [5, 5.41) is 0. The molecule has 1 aromatic carbocycles. The molecule has 1 aliphatic heterocycles. The lowest BCUT2D eigenvalue weighted by molar-refractivity contribution is 0.164. The monoisotopic (exact) mass is 227 g/mol. The first-order chi connectivity index (χ1) is 7.76. The maximum atomic E-state index is 13.5. The second-order valence-electron chi connectivity index (χ2n) is 3.45. The van der Waals surface area contributed by atoms with E-state index in [2.05, 4.69) is 0 Å². The van der Waals surface area contributed by atoms with Crippen LogP contribution in [0, 0.1) is 0 Å². The van der Waals surface area contributed by atoms with Crippen molar-refractivity contribution in [1.82, 2.24) is 0 Å². The van der Waals surface area contributed by atoms with E-state index in [0.29, 0.717) is 36.0 Å². The maximum absolute atomic E-state index is 13.5. The Hall–Kier alpha value is -1.49. The zero-order valence-corrected chi connectivity index (χ0v) is 9.03. The van der Waals surface area contributed by atoms with Gasteiger partial charge in [0.25, 0.3) is 0 Å². The fourth-order valence-electron chi connectivity index (χ4n) is 1.61. The number of methoxy groups -OCH3 is 1. The average Bonchev–Trinajstić information content (AvgIpc) is 2.36. The molecule has 0 saturated heterocycles. The lowest BCUT2D eigenvalue weighted by Crippen LogP contribution is -2.17. The van der Waals surface area contributed by atoms with E-state index in [4.69, 9.17) is 19.9 Å². The van der Waals surface area contributed by atoms with E-state index < -0.39 is 6.17 Å². The standard InChI is InChI=1S/C11H14FNO3/c1-14-9-4-7(8(12)6-13)5-10-11(9)16-3-2-15-10/h4-5,8H,2-3,6,13H2,1H3. The molecule has 0 fully saturated rings. The normalized spacial score (nSPS) is 15.7. The van der Waals surface area contributed by atoms with E-state index >= 15 is 0 Å². The highest BCUT2D eigenvalue weighted by Gasteiger charge is 2.20. The molecule has 0 saturated carbocycles. The van der Waals surface area contributed by atoms with Crippen LogP contribution in [0.5, 0.6) is 17.2 Å². The van der Waals surface area contributed by atoms with Crippen molar-refractivity contribution in [3.05, 3.63) is 17.7 Å². The van der Waals surface area contributed by atoms with Crippen molar-refractivity contribution >= 4 is 0 Å². The first-order valence-electron chi connectivity index (χ1n) is 5.08. The Morgan fingerprint density at radius 3 is 2.88 bits per heavy atom. The van der Waals surface area contributed by atoms with E-state index in [1.165, 1.54) is 7.11 Å². The van der Waals surface area contributed by atoms with E-state index in [1.54, 1.807) is 12.1 Å². The summed E-state index contributed by atoms with van der Waals surface area (Å²) in [6.45, 7) is 0.862. The van der Waals surface area contributed by atoms with Gasteiger partial charge in [0.15, 0.2) is 11.5 Å². The minimum absolute atomic E-state index is 0.0667. The zero-order chi connectivity index (χ0) is 11.5. The Kier molecular flexibility index (Phi) is 3.14. The maximum Gasteiger partial charge on any atom is 0.203 e. The Morgan fingerprint density at radius 1 is 1.44 bits per heavy atom. The van der Waals surface area contributed by atoms with Crippen LogP contribution in [0.3, 0.4) is 0 Å². The van der Waals surface area contributed by atoms with Crippen molar-refractivity contribution in [3.8, 4) is 17.2 Å². The van der Waals surface area contributed by atoms with Crippen molar-refractivity contribution in [2.75, 3.05) is 26.9 Å². The molecule has 5 heteroatoms. The molecular weight excluding hydrogens is 213 g/mol. The number of alkyl halides is 1. The minimum Gasteiger partial charge on any atom is -0.493 e. The van der Waals surface area contributed by atoms with Crippen LogP contribution < -0.4 is 19.9 Å². The van der Waals surface area contributed by atoms with E-state index in [1.807, 2.05) is 0 Å². The van der Waals surface area contributed by atoms with Crippen LogP contribution in [0.15, 0.2) is 12.1 Å². The summed E-state index contributed by atoms with van der Waals surface area (Å²) >= 11 is 0. The van der Waals surface area contributed by atoms with Gasteiger partial charge in [-0.05, 0) is 17.7 Å². The highest BCUT2D eigenvalue weighted by atomic mass is 19.1. The van der Waals surface area contributed by atoms with Crippen molar-refractivity contribution < 1.29 is 18.6 Å². The van der Waals surface area contributed by atoms with Crippen molar-refractivity contribution in [3.63, 3.8) is 0 Å². The van der Waals surface area contributed by atoms with Gasteiger partial charge in [-0.15, -0.1) is 0 Å². The Bertz CT molecular complexity index is 366. The fourth-order valence-corrected chi connectivity index (χ4v) is 1.61. The van der Waals surface area contributed by atoms with Gasteiger partial charge in [0.2, 0.25) is 5.75 Å². The predicted molar refractivity (Wildman–Crippen MR) is 56.9 cm³/mol. The average molecular weight is 227 g/mol. The molecule has 4 nitrogen and oxygen atoms in total. The lowest BCUT2D eigenvalue weighted by atomic mass is 10.1. The zero-order valence-electron chi connectivity index (χ0n) is 9.03. The Morgan fingerprint density at radius 2 is 2.19 bits per heavy atom. The molecule has 2 N–H and O–H groups in total. The van der Waals surface area contributed by atoms with E-state index in [9.17, 15) is 4.39 Å². The smallest absolute Gasteiger partial charge is 0.203 e. The summed E-state index contributed by atoms with van der Waals surface area (Å²) in [7, 11) is 1.51. The lowest BCUT2D eigenvalue weighted by Gasteiger charge is -2.22. The van der Waals surface area contributed by atoms with Crippen LogP contribution in [0.25, 0.3) is 0 Å². The fraction of sp³-hybridized carbons (Fsp3) is 0.455. The van der Waals surface area contributed by atoms with Gasteiger partial charge in [0, 0.05) is 6.54 Å². The first-order valence-corrected chi connectivity index (χ1v) is 5.08. The van der Waals surface area contributed by atoms with Crippen molar-refractivity contribution in [2.45, 2.75) is 6.17 Å². The molecule has 1 heterocycles. The van der Waals surface area contributed by atoms with Gasteiger partial charge in [-0.2, -0.15) is 0 Å². The third-order valence-corrected chi connectivity index (χ3v) is 2.42. The van der Waals surface area contributed by atoms with Crippen LogP contribution in [-0.4, -0.2) is 26.9 Å². The summed E-state index contributed by atoms with van der Waals surface area (Å²) in [6.07, 6.45) is -1.22. The second kappa shape index (κ2) is 4.57. The molecule has 0 bridgehead atoms. The summed E-state index contributed by atoms with van der Waals surface area (Å²) in [5.74, 6) is 1.52. The first kappa shape index (κ1) is 11.0. The number of benzene rings is 1. The number of halogens is 1. The Labute approximate surface area is 93.1 Å². The van der Waals surface area contributed by atoms with Gasteiger partial charge < -0.3 is 19.9 Å². The SMILES string of the molecule is COc1cc(C(F)CN)cc2c1OCCO2. The van der Waals surface area contributed by atoms with Crippen LogP contribution in [0.2, 0.25) is 0 Å². The van der Waals surface area contributed by atoms with Crippen molar-refractivity contribution in [2.24, 2.45) is 5.73 Å². The second-order valence-corrected chi connectivity index (χ2v) is 3.45.